The Hall–Kier alpha value is -1.81. The Kier molecular flexibility index (Phi) is 4.58. The van der Waals surface area contributed by atoms with Gasteiger partial charge >= 0.3 is 0 Å². The van der Waals surface area contributed by atoms with Crippen molar-refractivity contribution in [1.82, 2.24) is 15.1 Å². The molecule has 0 bridgehead atoms. The fraction of sp³-hybridized carbons (Fsp3) is 0.400. The molecule has 0 saturated heterocycles. The quantitative estimate of drug-likeness (QED) is 0.866. The maximum atomic E-state index is 5.42. The first-order valence-electron chi connectivity index (χ1n) is 6.61. The lowest BCUT2D eigenvalue weighted by atomic mass is 10.0. The standard InChI is InChI=1S/C15H21N3O/c1-4-18-15(14(19-3)11-17-18)13(16-2)10-12-8-6-5-7-9-12/h5-9,11,13,16H,4,10H2,1-3H3. The molecule has 1 heterocycles. The van der Waals surface area contributed by atoms with Gasteiger partial charge < -0.3 is 10.1 Å². The zero-order valence-corrected chi connectivity index (χ0v) is 11.8. The van der Waals surface area contributed by atoms with E-state index in [1.807, 2.05) is 17.8 Å². The summed E-state index contributed by atoms with van der Waals surface area (Å²) in [5.41, 5.74) is 2.41. The number of likely N-dealkylation sites (N-methyl/N-ethyl adjacent to an activating group) is 1. The molecule has 4 nitrogen and oxygen atoms in total. The van der Waals surface area contributed by atoms with Crippen LogP contribution in [0, 0.1) is 0 Å². The molecule has 102 valence electrons. The molecule has 19 heavy (non-hydrogen) atoms. The minimum absolute atomic E-state index is 0.194. The van der Waals surface area contributed by atoms with Gasteiger partial charge in [-0.25, -0.2) is 0 Å². The monoisotopic (exact) mass is 259 g/mol. The highest BCUT2D eigenvalue weighted by Crippen LogP contribution is 2.27. The lowest BCUT2D eigenvalue weighted by molar-refractivity contribution is 0.394. The molecule has 1 aromatic heterocycles. The highest BCUT2D eigenvalue weighted by Gasteiger charge is 2.20. The normalized spacial score (nSPS) is 12.4. The van der Waals surface area contributed by atoms with Gasteiger partial charge in [0.05, 0.1) is 25.0 Å². The summed E-state index contributed by atoms with van der Waals surface area (Å²) in [7, 11) is 3.66. The van der Waals surface area contributed by atoms with Gasteiger partial charge in [-0.3, -0.25) is 4.68 Å². The van der Waals surface area contributed by atoms with E-state index in [9.17, 15) is 0 Å². The second-order valence-corrected chi connectivity index (χ2v) is 4.44. The lowest BCUT2D eigenvalue weighted by Gasteiger charge is -2.19. The molecule has 2 rings (SSSR count). The smallest absolute Gasteiger partial charge is 0.161 e. The van der Waals surface area contributed by atoms with Crippen LogP contribution < -0.4 is 10.1 Å². The minimum Gasteiger partial charge on any atom is -0.493 e. The van der Waals surface area contributed by atoms with Crippen LogP contribution in [0.1, 0.15) is 24.2 Å². The molecule has 1 N–H and O–H groups in total. The van der Waals surface area contributed by atoms with Gasteiger partial charge in [0.2, 0.25) is 0 Å². The molecule has 1 atom stereocenters. The molecular weight excluding hydrogens is 238 g/mol. The average molecular weight is 259 g/mol. The molecule has 0 aliphatic rings. The Morgan fingerprint density at radius 3 is 2.63 bits per heavy atom. The number of rotatable bonds is 6. The van der Waals surface area contributed by atoms with Crippen molar-refractivity contribution in [2.24, 2.45) is 0 Å². The van der Waals surface area contributed by atoms with Gasteiger partial charge in [-0.15, -0.1) is 0 Å². The van der Waals surface area contributed by atoms with E-state index in [1.165, 1.54) is 5.56 Å². The van der Waals surface area contributed by atoms with Gasteiger partial charge in [0, 0.05) is 6.54 Å². The first-order valence-corrected chi connectivity index (χ1v) is 6.61. The number of aryl methyl sites for hydroxylation is 1. The van der Waals surface area contributed by atoms with Gasteiger partial charge in [-0.2, -0.15) is 5.10 Å². The Morgan fingerprint density at radius 1 is 1.32 bits per heavy atom. The largest absolute Gasteiger partial charge is 0.493 e. The second kappa shape index (κ2) is 6.38. The summed E-state index contributed by atoms with van der Waals surface area (Å²) in [4.78, 5) is 0. The van der Waals surface area contributed by atoms with E-state index in [0.29, 0.717) is 0 Å². The Labute approximate surface area is 114 Å². The molecule has 1 aromatic carbocycles. The Bertz CT molecular complexity index is 486. The van der Waals surface area contributed by atoms with Crippen LogP contribution in [0.4, 0.5) is 0 Å². The summed E-state index contributed by atoms with van der Waals surface area (Å²) in [5, 5.41) is 7.73. The SMILES string of the molecule is CCn1ncc(OC)c1C(Cc1ccccc1)NC. The van der Waals surface area contributed by atoms with Crippen LogP contribution in [0.15, 0.2) is 36.5 Å². The van der Waals surface area contributed by atoms with Gasteiger partial charge in [-0.1, -0.05) is 30.3 Å². The second-order valence-electron chi connectivity index (χ2n) is 4.44. The molecule has 1 unspecified atom stereocenters. The number of nitrogens with zero attached hydrogens (tertiary/aromatic N) is 2. The number of hydrogen-bond donors (Lipinski definition) is 1. The van der Waals surface area contributed by atoms with E-state index in [-0.39, 0.29) is 6.04 Å². The third kappa shape index (κ3) is 2.96. The van der Waals surface area contributed by atoms with Crippen LogP contribution >= 0.6 is 0 Å². The summed E-state index contributed by atoms with van der Waals surface area (Å²) < 4.78 is 7.41. The van der Waals surface area contributed by atoms with Crippen LogP contribution in [0.3, 0.4) is 0 Å². The van der Waals surface area contributed by atoms with E-state index in [0.717, 1.165) is 24.4 Å². The van der Waals surface area contributed by atoms with Crippen molar-refractivity contribution in [3.8, 4) is 5.75 Å². The molecule has 4 heteroatoms. The van der Waals surface area contributed by atoms with Crippen molar-refractivity contribution >= 4 is 0 Å². The topological polar surface area (TPSA) is 39.1 Å². The van der Waals surface area contributed by atoms with Gasteiger partial charge in [-0.05, 0) is 26.0 Å². The van der Waals surface area contributed by atoms with E-state index in [4.69, 9.17) is 4.74 Å². The zero-order valence-electron chi connectivity index (χ0n) is 11.8. The zero-order chi connectivity index (χ0) is 13.7. The van der Waals surface area contributed by atoms with Crippen LogP contribution in [-0.2, 0) is 13.0 Å². The van der Waals surface area contributed by atoms with E-state index in [1.54, 1.807) is 13.3 Å². The average Bonchev–Trinajstić information content (AvgIpc) is 2.88. The third-order valence-electron chi connectivity index (χ3n) is 3.33. The summed E-state index contributed by atoms with van der Waals surface area (Å²) in [5.74, 6) is 0.845. The van der Waals surface area contributed by atoms with E-state index in [2.05, 4.69) is 41.6 Å². The Morgan fingerprint density at radius 2 is 2.05 bits per heavy atom. The molecule has 0 aliphatic heterocycles. The van der Waals surface area contributed by atoms with Crippen molar-refractivity contribution in [1.29, 1.82) is 0 Å². The maximum absolute atomic E-state index is 5.42. The lowest BCUT2D eigenvalue weighted by Crippen LogP contribution is -2.23. The van der Waals surface area contributed by atoms with Gasteiger partial charge in [0.1, 0.15) is 0 Å². The van der Waals surface area contributed by atoms with Crippen molar-refractivity contribution < 1.29 is 4.74 Å². The molecule has 0 fully saturated rings. The van der Waals surface area contributed by atoms with Gasteiger partial charge in [0.15, 0.2) is 5.75 Å². The molecule has 0 saturated carbocycles. The number of benzene rings is 1. The van der Waals surface area contributed by atoms with Crippen LogP contribution in [0.25, 0.3) is 0 Å². The molecule has 0 amide bonds. The predicted octanol–water partition coefficient (Wildman–Crippen LogP) is 2.41. The van der Waals surface area contributed by atoms with E-state index < -0.39 is 0 Å². The van der Waals surface area contributed by atoms with E-state index >= 15 is 0 Å². The first-order chi connectivity index (χ1) is 9.30. The highest BCUT2D eigenvalue weighted by molar-refractivity contribution is 5.30. The summed E-state index contributed by atoms with van der Waals surface area (Å²) >= 11 is 0. The molecule has 0 radical (unpaired) electrons. The molecular formula is C15H21N3O. The Balaban J connectivity index is 2.29. The number of hydrogen-bond acceptors (Lipinski definition) is 3. The minimum atomic E-state index is 0.194. The number of methoxy groups -OCH3 is 1. The molecule has 0 spiro atoms. The summed E-state index contributed by atoms with van der Waals surface area (Å²) in [6.07, 6.45) is 2.70. The predicted molar refractivity (Wildman–Crippen MR) is 76.4 cm³/mol. The van der Waals surface area contributed by atoms with Crippen molar-refractivity contribution in [3.63, 3.8) is 0 Å². The first kappa shape index (κ1) is 13.6. The van der Waals surface area contributed by atoms with Crippen LogP contribution in [0.5, 0.6) is 5.75 Å². The third-order valence-corrected chi connectivity index (χ3v) is 3.33. The number of aromatic nitrogens is 2. The van der Waals surface area contributed by atoms with Crippen LogP contribution in [0.2, 0.25) is 0 Å². The maximum Gasteiger partial charge on any atom is 0.161 e. The fourth-order valence-corrected chi connectivity index (χ4v) is 2.32. The summed E-state index contributed by atoms with van der Waals surface area (Å²) in [6, 6.07) is 10.6. The summed E-state index contributed by atoms with van der Waals surface area (Å²) in [6.45, 7) is 2.93. The molecule has 0 aliphatic carbocycles. The van der Waals surface area contributed by atoms with Crippen molar-refractivity contribution in [2.45, 2.75) is 25.9 Å². The van der Waals surface area contributed by atoms with Crippen molar-refractivity contribution in [2.75, 3.05) is 14.2 Å². The molecule has 2 aromatic rings. The van der Waals surface area contributed by atoms with Crippen LogP contribution in [-0.4, -0.2) is 23.9 Å². The highest BCUT2D eigenvalue weighted by atomic mass is 16.5. The fourth-order valence-electron chi connectivity index (χ4n) is 2.32. The number of nitrogens with one attached hydrogen (secondary N) is 1. The van der Waals surface area contributed by atoms with Crippen molar-refractivity contribution in [3.05, 3.63) is 47.8 Å². The van der Waals surface area contributed by atoms with Gasteiger partial charge in [0.25, 0.3) is 0 Å². The number of ether oxygens (including phenoxy) is 1.